The van der Waals surface area contributed by atoms with Crippen LogP contribution in [0.25, 0.3) is 0 Å². The van der Waals surface area contributed by atoms with Crippen LogP contribution in [-0.2, 0) is 29.5 Å². The van der Waals surface area contributed by atoms with Crippen LogP contribution in [0.3, 0.4) is 0 Å². The highest BCUT2D eigenvalue weighted by atomic mass is 32.1. The fourth-order valence-corrected chi connectivity index (χ4v) is 2.28. The molecule has 7 heteroatoms. The number of anilines is 1. The second-order valence-corrected chi connectivity index (χ2v) is 4.86. The van der Waals surface area contributed by atoms with Crippen molar-refractivity contribution in [3.8, 4) is 0 Å². The Labute approximate surface area is 115 Å². The summed E-state index contributed by atoms with van der Waals surface area (Å²) in [5, 5.41) is 9.95. The van der Waals surface area contributed by atoms with Gasteiger partial charge in [0.25, 0.3) is 0 Å². The van der Waals surface area contributed by atoms with Crippen LogP contribution in [0.4, 0.5) is 5.13 Å². The Morgan fingerprint density at radius 1 is 1.58 bits per heavy atom. The highest BCUT2D eigenvalue weighted by Gasteiger charge is 2.08. The van der Waals surface area contributed by atoms with Gasteiger partial charge in [-0.05, 0) is 6.92 Å². The molecular weight excluding hydrogens is 264 g/mol. The van der Waals surface area contributed by atoms with Gasteiger partial charge in [0.1, 0.15) is 0 Å². The molecular formula is C12H16N4O2S. The molecule has 2 rings (SSSR count). The fraction of sp³-hybridized carbons (Fsp3) is 0.417. The Hall–Kier alpha value is -1.89. The maximum absolute atomic E-state index is 11.3. The maximum Gasteiger partial charge on any atom is 0.311 e. The van der Waals surface area contributed by atoms with E-state index in [-0.39, 0.29) is 12.4 Å². The largest absolute Gasteiger partial charge is 0.466 e. The van der Waals surface area contributed by atoms with Crippen molar-refractivity contribution in [2.45, 2.75) is 19.9 Å². The number of hydrogen-bond acceptors (Lipinski definition) is 6. The molecule has 0 aliphatic carbocycles. The zero-order chi connectivity index (χ0) is 13.7. The van der Waals surface area contributed by atoms with E-state index in [1.165, 1.54) is 11.3 Å². The van der Waals surface area contributed by atoms with Crippen LogP contribution >= 0.6 is 11.3 Å². The molecule has 0 spiro atoms. The summed E-state index contributed by atoms with van der Waals surface area (Å²) in [4.78, 5) is 15.6. The number of rotatable bonds is 6. The van der Waals surface area contributed by atoms with Gasteiger partial charge in [-0.25, -0.2) is 4.98 Å². The van der Waals surface area contributed by atoms with Crippen molar-refractivity contribution in [3.05, 3.63) is 29.0 Å². The molecule has 0 aliphatic rings. The lowest BCUT2D eigenvalue weighted by molar-refractivity contribution is -0.142. The quantitative estimate of drug-likeness (QED) is 0.814. The van der Waals surface area contributed by atoms with Gasteiger partial charge in [0.05, 0.1) is 24.9 Å². The van der Waals surface area contributed by atoms with Crippen LogP contribution in [0.5, 0.6) is 0 Å². The zero-order valence-corrected chi connectivity index (χ0v) is 11.7. The first-order valence-corrected chi connectivity index (χ1v) is 6.86. The summed E-state index contributed by atoms with van der Waals surface area (Å²) < 4.78 is 6.64. The molecule has 6 nitrogen and oxygen atoms in total. The predicted octanol–water partition coefficient (Wildman–Crippen LogP) is 1.59. The van der Waals surface area contributed by atoms with Crippen molar-refractivity contribution in [1.82, 2.24) is 14.8 Å². The van der Waals surface area contributed by atoms with Crippen LogP contribution in [-0.4, -0.2) is 27.3 Å². The van der Waals surface area contributed by atoms with Gasteiger partial charge in [0.15, 0.2) is 5.13 Å². The third kappa shape index (κ3) is 4.06. The van der Waals surface area contributed by atoms with Gasteiger partial charge in [-0.15, -0.1) is 11.3 Å². The average molecular weight is 280 g/mol. The highest BCUT2D eigenvalue weighted by Crippen LogP contribution is 2.17. The summed E-state index contributed by atoms with van der Waals surface area (Å²) in [5.41, 5.74) is 1.82. The number of carbonyl (C=O) groups is 1. The Bertz CT molecular complexity index is 549. The number of ether oxygens (including phenoxy) is 1. The van der Waals surface area contributed by atoms with Gasteiger partial charge in [-0.3, -0.25) is 9.48 Å². The minimum absolute atomic E-state index is 0.221. The van der Waals surface area contributed by atoms with Crippen molar-refractivity contribution < 1.29 is 9.53 Å². The topological polar surface area (TPSA) is 69.0 Å². The first-order chi connectivity index (χ1) is 9.17. The van der Waals surface area contributed by atoms with E-state index in [1.54, 1.807) is 17.8 Å². The molecule has 102 valence electrons. The van der Waals surface area contributed by atoms with Crippen molar-refractivity contribution in [2.24, 2.45) is 7.05 Å². The molecule has 0 unspecified atom stereocenters. The summed E-state index contributed by atoms with van der Waals surface area (Å²) in [7, 11) is 1.88. The number of carbonyl (C=O) groups excluding carboxylic acids is 1. The van der Waals surface area contributed by atoms with Crippen LogP contribution in [0, 0.1) is 0 Å². The van der Waals surface area contributed by atoms with Crippen molar-refractivity contribution >= 4 is 22.4 Å². The van der Waals surface area contributed by atoms with Gasteiger partial charge in [-0.1, -0.05) is 0 Å². The lowest BCUT2D eigenvalue weighted by atomic mass is 10.3. The first-order valence-electron chi connectivity index (χ1n) is 5.98. The second-order valence-electron chi connectivity index (χ2n) is 4.00. The van der Waals surface area contributed by atoms with Gasteiger partial charge in [0.2, 0.25) is 0 Å². The number of aryl methyl sites for hydroxylation is 1. The average Bonchev–Trinajstić information content (AvgIpc) is 2.96. The molecule has 1 N–H and O–H groups in total. The lowest BCUT2D eigenvalue weighted by Crippen LogP contribution is -2.07. The van der Waals surface area contributed by atoms with Crippen molar-refractivity contribution in [2.75, 3.05) is 11.9 Å². The third-order valence-electron chi connectivity index (χ3n) is 2.38. The molecule has 0 bridgehead atoms. The van der Waals surface area contributed by atoms with Crippen LogP contribution in [0.1, 0.15) is 18.2 Å². The van der Waals surface area contributed by atoms with E-state index < -0.39 is 0 Å². The predicted molar refractivity (Wildman–Crippen MR) is 73.0 cm³/mol. The highest BCUT2D eigenvalue weighted by molar-refractivity contribution is 7.13. The number of thiazole rings is 1. The normalized spacial score (nSPS) is 10.4. The van der Waals surface area contributed by atoms with E-state index in [2.05, 4.69) is 15.4 Å². The van der Waals surface area contributed by atoms with Crippen molar-refractivity contribution in [3.63, 3.8) is 0 Å². The molecule has 2 aromatic rings. The van der Waals surface area contributed by atoms with E-state index in [0.29, 0.717) is 13.2 Å². The summed E-state index contributed by atoms with van der Waals surface area (Å²) >= 11 is 1.48. The third-order valence-corrected chi connectivity index (χ3v) is 3.23. The fourth-order valence-electron chi connectivity index (χ4n) is 1.57. The Morgan fingerprint density at radius 2 is 2.42 bits per heavy atom. The maximum atomic E-state index is 11.3. The zero-order valence-electron chi connectivity index (χ0n) is 10.9. The molecule has 0 saturated heterocycles. The van der Waals surface area contributed by atoms with E-state index in [9.17, 15) is 4.79 Å². The lowest BCUT2D eigenvalue weighted by Gasteiger charge is -1.99. The summed E-state index contributed by atoms with van der Waals surface area (Å²) in [6, 6.07) is 0. The van der Waals surface area contributed by atoms with E-state index in [4.69, 9.17) is 4.74 Å². The van der Waals surface area contributed by atoms with Crippen molar-refractivity contribution in [1.29, 1.82) is 0 Å². The Balaban J connectivity index is 1.85. The van der Waals surface area contributed by atoms with Gasteiger partial charge < -0.3 is 10.1 Å². The van der Waals surface area contributed by atoms with Crippen LogP contribution < -0.4 is 5.32 Å². The van der Waals surface area contributed by atoms with Crippen LogP contribution in [0.15, 0.2) is 17.8 Å². The van der Waals surface area contributed by atoms with E-state index in [1.807, 2.05) is 18.6 Å². The molecule has 0 saturated carbocycles. The summed E-state index contributed by atoms with van der Waals surface area (Å²) in [6.45, 7) is 2.86. The minimum atomic E-state index is -0.244. The summed E-state index contributed by atoms with van der Waals surface area (Å²) in [5.74, 6) is -0.244. The molecule has 0 amide bonds. The molecule has 19 heavy (non-hydrogen) atoms. The second kappa shape index (κ2) is 6.33. The SMILES string of the molecule is CCOC(=O)Cc1csc(NCc2cnn(C)c2)n1. The van der Waals surface area contributed by atoms with Crippen LogP contribution in [0.2, 0.25) is 0 Å². The Kier molecular flexibility index (Phi) is 4.51. The number of nitrogens with zero attached hydrogens (tertiary/aromatic N) is 3. The number of nitrogens with one attached hydrogen (secondary N) is 1. The monoisotopic (exact) mass is 280 g/mol. The van der Waals surface area contributed by atoms with E-state index >= 15 is 0 Å². The molecule has 0 aliphatic heterocycles. The molecule has 2 heterocycles. The molecule has 0 fully saturated rings. The number of esters is 1. The Morgan fingerprint density at radius 3 is 3.11 bits per heavy atom. The smallest absolute Gasteiger partial charge is 0.311 e. The molecule has 0 atom stereocenters. The first kappa shape index (κ1) is 13.5. The standard InChI is InChI=1S/C12H16N4O2S/c1-3-18-11(17)4-10-8-19-12(15-10)13-5-9-6-14-16(2)7-9/h6-8H,3-5H2,1-2H3,(H,13,15). The van der Waals surface area contributed by atoms with E-state index in [0.717, 1.165) is 16.4 Å². The van der Waals surface area contributed by atoms with Gasteiger partial charge in [-0.2, -0.15) is 5.10 Å². The molecule has 2 aromatic heterocycles. The van der Waals surface area contributed by atoms with Gasteiger partial charge in [0, 0.05) is 30.7 Å². The summed E-state index contributed by atoms with van der Waals surface area (Å²) in [6.07, 6.45) is 3.97. The van der Waals surface area contributed by atoms with Gasteiger partial charge >= 0.3 is 5.97 Å². The minimum Gasteiger partial charge on any atom is -0.466 e. The molecule has 0 aromatic carbocycles. The number of aromatic nitrogens is 3. The molecule has 0 radical (unpaired) electrons. The number of hydrogen-bond donors (Lipinski definition) is 1.